The van der Waals surface area contributed by atoms with Gasteiger partial charge in [0.2, 0.25) is 0 Å². The van der Waals surface area contributed by atoms with E-state index in [1.54, 1.807) is 0 Å². The molecule has 0 bridgehead atoms. The molecule has 94 valence electrons. The van der Waals surface area contributed by atoms with Crippen LogP contribution in [-0.4, -0.2) is 17.6 Å². The van der Waals surface area contributed by atoms with Crippen molar-refractivity contribution < 1.29 is 14.3 Å². The topological polar surface area (TPSA) is 62.5 Å². The van der Waals surface area contributed by atoms with E-state index in [2.05, 4.69) is 17.4 Å². The van der Waals surface area contributed by atoms with Gasteiger partial charge in [0.25, 0.3) is 0 Å². The van der Waals surface area contributed by atoms with E-state index in [0.29, 0.717) is 12.3 Å². The van der Waals surface area contributed by atoms with Crippen LogP contribution in [0.4, 0.5) is 0 Å². The number of rotatable bonds is 6. The van der Waals surface area contributed by atoms with Gasteiger partial charge in [0, 0.05) is 0 Å². The molecule has 2 aromatic rings. The minimum absolute atomic E-state index is 0.224. The average molecular weight is 245 g/mol. The summed E-state index contributed by atoms with van der Waals surface area (Å²) in [6, 6.07) is 11.6. The minimum atomic E-state index is -0.955. The molecule has 2 N–H and O–H groups in total. The zero-order valence-electron chi connectivity index (χ0n) is 9.93. The van der Waals surface area contributed by atoms with Crippen molar-refractivity contribution in [2.24, 2.45) is 0 Å². The minimum Gasteiger partial charge on any atom is -0.478 e. The van der Waals surface area contributed by atoms with E-state index in [1.807, 2.05) is 18.2 Å². The highest BCUT2D eigenvalue weighted by Crippen LogP contribution is 2.10. The van der Waals surface area contributed by atoms with Crippen LogP contribution in [0.3, 0.4) is 0 Å². The van der Waals surface area contributed by atoms with Crippen LogP contribution in [0, 0.1) is 0 Å². The molecule has 0 aliphatic heterocycles. The van der Waals surface area contributed by atoms with E-state index < -0.39 is 5.97 Å². The Morgan fingerprint density at radius 1 is 1.22 bits per heavy atom. The summed E-state index contributed by atoms with van der Waals surface area (Å²) in [6.45, 7) is 1.21. The molecule has 0 atom stereocenters. The van der Waals surface area contributed by atoms with Crippen LogP contribution < -0.4 is 5.32 Å². The Balaban J connectivity index is 1.79. The molecule has 18 heavy (non-hydrogen) atoms. The molecule has 4 heteroatoms. The van der Waals surface area contributed by atoms with E-state index in [-0.39, 0.29) is 5.56 Å². The van der Waals surface area contributed by atoms with Crippen LogP contribution in [0.25, 0.3) is 0 Å². The maximum absolute atomic E-state index is 10.8. The number of furan rings is 1. The lowest BCUT2D eigenvalue weighted by molar-refractivity contribution is 0.0694. The molecule has 0 unspecified atom stereocenters. The fourth-order valence-electron chi connectivity index (χ4n) is 1.75. The van der Waals surface area contributed by atoms with E-state index in [1.165, 1.54) is 17.9 Å². The number of carboxylic acid groups (broad SMARTS) is 1. The summed E-state index contributed by atoms with van der Waals surface area (Å²) < 4.78 is 5.13. The maximum atomic E-state index is 10.8. The fraction of sp³-hybridized carbons (Fsp3) is 0.214. The summed E-state index contributed by atoms with van der Waals surface area (Å²) in [5.41, 5.74) is 1.48. The third-order valence-corrected chi connectivity index (χ3v) is 2.69. The Morgan fingerprint density at radius 2 is 2.00 bits per heavy atom. The van der Waals surface area contributed by atoms with Crippen LogP contribution in [-0.2, 0) is 13.0 Å². The monoisotopic (exact) mass is 245 g/mol. The van der Waals surface area contributed by atoms with Crippen LogP contribution in [0.5, 0.6) is 0 Å². The second-order valence-corrected chi connectivity index (χ2v) is 3.97. The Bertz CT molecular complexity index is 505. The van der Waals surface area contributed by atoms with Crippen molar-refractivity contribution in [2.45, 2.75) is 13.0 Å². The average Bonchev–Trinajstić information content (AvgIpc) is 2.84. The van der Waals surface area contributed by atoms with Gasteiger partial charge in [-0.1, -0.05) is 30.3 Å². The molecule has 4 nitrogen and oxygen atoms in total. The highest BCUT2D eigenvalue weighted by Gasteiger charge is 2.12. The second-order valence-electron chi connectivity index (χ2n) is 3.97. The van der Waals surface area contributed by atoms with Crippen molar-refractivity contribution in [3.63, 3.8) is 0 Å². The molecule has 0 spiro atoms. The molecule has 2 rings (SSSR count). The first kappa shape index (κ1) is 12.4. The summed E-state index contributed by atoms with van der Waals surface area (Å²) >= 11 is 0. The van der Waals surface area contributed by atoms with E-state index in [0.717, 1.165) is 13.0 Å². The maximum Gasteiger partial charge on any atom is 0.339 e. The van der Waals surface area contributed by atoms with Gasteiger partial charge < -0.3 is 14.8 Å². The largest absolute Gasteiger partial charge is 0.478 e. The first-order valence-electron chi connectivity index (χ1n) is 5.81. The molecule has 1 aromatic heterocycles. The number of hydrogen-bond acceptors (Lipinski definition) is 3. The van der Waals surface area contributed by atoms with Crippen molar-refractivity contribution in [1.29, 1.82) is 0 Å². The number of benzene rings is 1. The Hall–Kier alpha value is -2.07. The molecule has 0 amide bonds. The van der Waals surface area contributed by atoms with Crippen molar-refractivity contribution in [1.82, 2.24) is 5.32 Å². The first-order chi connectivity index (χ1) is 8.77. The summed E-state index contributed by atoms with van der Waals surface area (Å²) in [5, 5.41) is 12.1. The summed E-state index contributed by atoms with van der Waals surface area (Å²) in [7, 11) is 0. The first-order valence-corrected chi connectivity index (χ1v) is 5.81. The van der Waals surface area contributed by atoms with Gasteiger partial charge in [-0.25, -0.2) is 4.79 Å². The highest BCUT2D eigenvalue weighted by molar-refractivity contribution is 5.88. The van der Waals surface area contributed by atoms with Gasteiger partial charge >= 0.3 is 5.97 Å². The van der Waals surface area contributed by atoms with Gasteiger partial charge in [-0.2, -0.15) is 0 Å². The number of aromatic carboxylic acids is 1. The fourth-order valence-corrected chi connectivity index (χ4v) is 1.75. The van der Waals surface area contributed by atoms with Crippen molar-refractivity contribution in [3.8, 4) is 0 Å². The zero-order valence-corrected chi connectivity index (χ0v) is 9.93. The van der Waals surface area contributed by atoms with Gasteiger partial charge in [0.1, 0.15) is 11.3 Å². The van der Waals surface area contributed by atoms with Crippen molar-refractivity contribution in [2.75, 3.05) is 6.54 Å². The van der Waals surface area contributed by atoms with Crippen molar-refractivity contribution in [3.05, 3.63) is 59.5 Å². The lowest BCUT2D eigenvalue weighted by atomic mass is 10.1. The quantitative estimate of drug-likeness (QED) is 0.767. The van der Waals surface area contributed by atoms with E-state index in [9.17, 15) is 4.79 Å². The van der Waals surface area contributed by atoms with E-state index >= 15 is 0 Å². The Morgan fingerprint density at radius 3 is 2.72 bits per heavy atom. The van der Waals surface area contributed by atoms with Crippen LogP contribution >= 0.6 is 0 Å². The number of hydrogen-bond donors (Lipinski definition) is 2. The van der Waals surface area contributed by atoms with Gasteiger partial charge in [0.05, 0.1) is 12.8 Å². The smallest absolute Gasteiger partial charge is 0.339 e. The molecule has 1 heterocycles. The van der Waals surface area contributed by atoms with Crippen LogP contribution in [0.2, 0.25) is 0 Å². The number of carboxylic acids is 1. The number of nitrogens with one attached hydrogen (secondary N) is 1. The lowest BCUT2D eigenvalue weighted by Gasteiger charge is -2.03. The summed E-state index contributed by atoms with van der Waals surface area (Å²) in [4.78, 5) is 10.8. The molecule has 0 saturated heterocycles. The van der Waals surface area contributed by atoms with Gasteiger partial charge in [0.15, 0.2) is 0 Å². The molecule has 0 radical (unpaired) electrons. The van der Waals surface area contributed by atoms with Gasteiger partial charge in [-0.3, -0.25) is 0 Å². The molecule has 0 saturated carbocycles. The molecule has 0 aliphatic carbocycles. The third-order valence-electron chi connectivity index (χ3n) is 2.69. The number of carbonyl (C=O) groups is 1. The third kappa shape index (κ3) is 3.21. The molecular weight excluding hydrogens is 230 g/mol. The predicted molar refractivity (Wildman–Crippen MR) is 67.5 cm³/mol. The van der Waals surface area contributed by atoms with Crippen LogP contribution in [0.15, 0.2) is 47.1 Å². The summed E-state index contributed by atoms with van der Waals surface area (Å²) in [6.07, 6.45) is 2.31. The molecule has 1 aromatic carbocycles. The van der Waals surface area contributed by atoms with Crippen molar-refractivity contribution >= 4 is 5.97 Å². The predicted octanol–water partition coefficient (Wildman–Crippen LogP) is 2.31. The van der Waals surface area contributed by atoms with Gasteiger partial charge in [-0.15, -0.1) is 0 Å². The van der Waals surface area contributed by atoms with Gasteiger partial charge in [-0.05, 0) is 24.6 Å². The lowest BCUT2D eigenvalue weighted by Crippen LogP contribution is -2.17. The second kappa shape index (κ2) is 6.02. The molecular formula is C14H15NO3. The van der Waals surface area contributed by atoms with Crippen LogP contribution in [0.1, 0.15) is 21.7 Å². The SMILES string of the molecule is O=C(O)c1ccoc1CNCCc1ccccc1. The molecule has 0 fully saturated rings. The standard InChI is InChI=1S/C14H15NO3/c16-14(17)12-7-9-18-13(12)10-15-8-6-11-4-2-1-3-5-11/h1-5,7,9,15H,6,8,10H2,(H,16,17). The van der Waals surface area contributed by atoms with E-state index in [4.69, 9.17) is 9.52 Å². The Kier molecular flexibility index (Phi) is 4.15. The summed E-state index contributed by atoms with van der Waals surface area (Å²) in [5.74, 6) is -0.487. The highest BCUT2D eigenvalue weighted by atomic mass is 16.4. The zero-order chi connectivity index (χ0) is 12.8. The molecule has 0 aliphatic rings. The Labute approximate surface area is 105 Å². The normalized spacial score (nSPS) is 10.4.